The molecule has 0 radical (unpaired) electrons. The molecule has 1 aliphatic heterocycles. The summed E-state index contributed by atoms with van der Waals surface area (Å²) in [6.07, 6.45) is 8.53. The van der Waals surface area contributed by atoms with Crippen molar-refractivity contribution in [3.05, 3.63) is 0 Å². The average Bonchev–Trinajstić information content (AvgIpc) is 2.41. The molecule has 0 aromatic carbocycles. The van der Waals surface area contributed by atoms with Crippen LogP contribution in [0.25, 0.3) is 0 Å². The highest BCUT2D eigenvalue weighted by Gasteiger charge is 2.32. The number of nitrogens with two attached hydrogens (primary N) is 1. The van der Waals surface area contributed by atoms with Gasteiger partial charge in [-0.2, -0.15) is 0 Å². The van der Waals surface area contributed by atoms with Crippen molar-refractivity contribution in [3.63, 3.8) is 0 Å². The van der Waals surface area contributed by atoms with Crippen LogP contribution in [0.2, 0.25) is 0 Å². The molecule has 2 unspecified atom stereocenters. The van der Waals surface area contributed by atoms with Gasteiger partial charge < -0.3 is 10.5 Å². The first-order chi connectivity index (χ1) is 8.65. The Balaban J connectivity index is 1.84. The summed E-state index contributed by atoms with van der Waals surface area (Å²) in [6, 6.07) is 0.569. The van der Waals surface area contributed by atoms with Crippen LogP contribution < -0.4 is 5.73 Å². The van der Waals surface area contributed by atoms with Gasteiger partial charge in [0.15, 0.2) is 0 Å². The predicted octanol–water partition coefficient (Wildman–Crippen LogP) is 2.39. The monoisotopic (exact) mass is 254 g/mol. The van der Waals surface area contributed by atoms with E-state index in [4.69, 9.17) is 10.5 Å². The Kier molecular flexibility index (Phi) is 5.05. The Labute approximate surface area is 112 Å². The zero-order valence-electron chi connectivity index (χ0n) is 12.2. The summed E-state index contributed by atoms with van der Waals surface area (Å²) in [4.78, 5) is 2.60. The first kappa shape index (κ1) is 14.3. The van der Waals surface area contributed by atoms with Crippen LogP contribution in [0.3, 0.4) is 0 Å². The second-order valence-electron chi connectivity index (χ2n) is 6.50. The molecule has 1 heterocycles. The molecule has 0 aromatic heterocycles. The van der Waals surface area contributed by atoms with Crippen LogP contribution in [0.4, 0.5) is 0 Å². The van der Waals surface area contributed by atoms with Gasteiger partial charge in [-0.15, -0.1) is 0 Å². The number of hydrogen-bond acceptors (Lipinski definition) is 3. The molecule has 18 heavy (non-hydrogen) atoms. The third-order valence-corrected chi connectivity index (χ3v) is 5.01. The van der Waals surface area contributed by atoms with Crippen LogP contribution in [0.5, 0.6) is 0 Å². The van der Waals surface area contributed by atoms with E-state index in [1.165, 1.54) is 45.1 Å². The second-order valence-corrected chi connectivity index (χ2v) is 6.50. The second kappa shape index (κ2) is 6.36. The van der Waals surface area contributed by atoms with E-state index in [0.29, 0.717) is 17.6 Å². The van der Waals surface area contributed by atoms with Crippen LogP contribution in [-0.2, 0) is 4.74 Å². The molecule has 0 spiro atoms. The van der Waals surface area contributed by atoms with Gasteiger partial charge in [-0.1, -0.05) is 19.3 Å². The maximum absolute atomic E-state index is 6.07. The van der Waals surface area contributed by atoms with E-state index < -0.39 is 0 Å². The summed E-state index contributed by atoms with van der Waals surface area (Å²) in [5.74, 6) is 0. The Morgan fingerprint density at radius 3 is 2.61 bits per heavy atom. The molecule has 106 valence electrons. The van der Waals surface area contributed by atoms with E-state index in [-0.39, 0.29) is 0 Å². The fraction of sp³-hybridized carbons (Fsp3) is 1.00. The minimum absolute atomic E-state index is 0.390. The van der Waals surface area contributed by atoms with E-state index in [2.05, 4.69) is 18.7 Å². The lowest BCUT2D eigenvalue weighted by molar-refractivity contribution is -0.0538. The lowest BCUT2D eigenvalue weighted by Gasteiger charge is -2.41. The molecule has 3 heteroatoms. The van der Waals surface area contributed by atoms with Crippen molar-refractivity contribution in [1.29, 1.82) is 0 Å². The third kappa shape index (κ3) is 3.46. The van der Waals surface area contributed by atoms with Gasteiger partial charge in [0.25, 0.3) is 0 Å². The van der Waals surface area contributed by atoms with Crippen molar-refractivity contribution >= 4 is 0 Å². The van der Waals surface area contributed by atoms with E-state index in [9.17, 15) is 0 Å². The van der Waals surface area contributed by atoms with Crippen molar-refractivity contribution in [2.24, 2.45) is 11.1 Å². The molecule has 2 rings (SSSR count). The number of morpholine rings is 1. The number of rotatable bonds is 4. The highest BCUT2D eigenvalue weighted by molar-refractivity contribution is 4.86. The van der Waals surface area contributed by atoms with Crippen molar-refractivity contribution in [2.45, 2.75) is 64.5 Å². The van der Waals surface area contributed by atoms with Gasteiger partial charge in [0.2, 0.25) is 0 Å². The molecule has 2 fully saturated rings. The molecule has 0 bridgehead atoms. The first-order valence-electron chi connectivity index (χ1n) is 7.71. The summed E-state index contributed by atoms with van der Waals surface area (Å²) in [7, 11) is 0. The van der Waals surface area contributed by atoms with Gasteiger partial charge in [-0.05, 0) is 51.6 Å². The molecule has 2 atom stereocenters. The van der Waals surface area contributed by atoms with Gasteiger partial charge in [0.05, 0.1) is 12.7 Å². The van der Waals surface area contributed by atoms with Crippen LogP contribution in [0.15, 0.2) is 0 Å². The Morgan fingerprint density at radius 2 is 1.94 bits per heavy atom. The molecule has 0 aromatic rings. The maximum atomic E-state index is 6.07. The number of nitrogens with zero attached hydrogens (tertiary/aromatic N) is 1. The minimum atomic E-state index is 0.390. The SMILES string of the molecule is CC1CN(CCC2(CN)CCCCC2)C(C)CO1. The minimum Gasteiger partial charge on any atom is -0.376 e. The van der Waals surface area contributed by atoms with Crippen molar-refractivity contribution in [2.75, 3.05) is 26.2 Å². The van der Waals surface area contributed by atoms with Crippen LogP contribution in [-0.4, -0.2) is 43.3 Å². The van der Waals surface area contributed by atoms with Crippen molar-refractivity contribution in [3.8, 4) is 0 Å². The smallest absolute Gasteiger partial charge is 0.0674 e. The fourth-order valence-corrected chi connectivity index (χ4v) is 3.52. The quantitative estimate of drug-likeness (QED) is 0.837. The molecule has 2 N–H and O–H groups in total. The zero-order valence-corrected chi connectivity index (χ0v) is 12.2. The Morgan fingerprint density at radius 1 is 1.22 bits per heavy atom. The molecular weight excluding hydrogens is 224 g/mol. The molecule has 3 nitrogen and oxygen atoms in total. The topological polar surface area (TPSA) is 38.5 Å². The maximum Gasteiger partial charge on any atom is 0.0674 e. The van der Waals surface area contributed by atoms with Crippen LogP contribution in [0, 0.1) is 5.41 Å². The van der Waals surface area contributed by atoms with Gasteiger partial charge in [0.1, 0.15) is 0 Å². The molecule has 1 aliphatic carbocycles. The summed E-state index contributed by atoms with van der Waals surface area (Å²) < 4.78 is 5.70. The number of hydrogen-bond donors (Lipinski definition) is 1. The van der Waals surface area contributed by atoms with Gasteiger partial charge in [0, 0.05) is 12.6 Å². The van der Waals surface area contributed by atoms with Gasteiger partial charge in [-0.3, -0.25) is 4.90 Å². The van der Waals surface area contributed by atoms with E-state index in [0.717, 1.165) is 19.7 Å². The van der Waals surface area contributed by atoms with Crippen LogP contribution in [0.1, 0.15) is 52.4 Å². The molecular formula is C15H30N2O. The summed E-state index contributed by atoms with van der Waals surface area (Å²) in [5, 5.41) is 0. The molecule has 1 saturated heterocycles. The normalized spacial score (nSPS) is 33.5. The Bertz CT molecular complexity index is 251. The number of ether oxygens (including phenoxy) is 1. The first-order valence-corrected chi connectivity index (χ1v) is 7.71. The summed E-state index contributed by atoms with van der Waals surface area (Å²) in [6.45, 7) is 8.51. The fourth-order valence-electron chi connectivity index (χ4n) is 3.52. The standard InChI is InChI=1S/C15H30N2O/c1-13-11-18-14(2)10-17(13)9-8-15(12-16)6-4-3-5-7-15/h13-14H,3-12,16H2,1-2H3. The van der Waals surface area contributed by atoms with Gasteiger partial charge in [-0.25, -0.2) is 0 Å². The van der Waals surface area contributed by atoms with E-state index in [1.54, 1.807) is 0 Å². The molecule has 1 saturated carbocycles. The van der Waals surface area contributed by atoms with Crippen molar-refractivity contribution < 1.29 is 4.74 Å². The van der Waals surface area contributed by atoms with Gasteiger partial charge >= 0.3 is 0 Å². The van der Waals surface area contributed by atoms with Crippen molar-refractivity contribution in [1.82, 2.24) is 4.90 Å². The predicted molar refractivity (Wildman–Crippen MR) is 75.6 cm³/mol. The van der Waals surface area contributed by atoms with E-state index in [1.807, 2.05) is 0 Å². The highest BCUT2D eigenvalue weighted by atomic mass is 16.5. The lowest BCUT2D eigenvalue weighted by atomic mass is 9.72. The summed E-state index contributed by atoms with van der Waals surface area (Å²) in [5.41, 5.74) is 6.52. The van der Waals surface area contributed by atoms with E-state index >= 15 is 0 Å². The Hall–Kier alpha value is -0.120. The summed E-state index contributed by atoms with van der Waals surface area (Å²) >= 11 is 0. The third-order valence-electron chi connectivity index (χ3n) is 5.01. The average molecular weight is 254 g/mol. The largest absolute Gasteiger partial charge is 0.376 e. The highest BCUT2D eigenvalue weighted by Crippen LogP contribution is 2.38. The molecule has 2 aliphatic rings. The zero-order chi connectivity index (χ0) is 13.0. The van der Waals surface area contributed by atoms with Crippen LogP contribution >= 0.6 is 0 Å². The molecule has 0 amide bonds. The lowest BCUT2D eigenvalue weighted by Crippen LogP contribution is -2.49.